The SMILES string of the molecule is O=[N+]([O-])c1ccc(Oc2ccc(Sc3ccc(O)cc3)cc2)cc1. The van der Waals surface area contributed by atoms with Crippen LogP contribution in [-0.2, 0) is 0 Å². The van der Waals surface area contributed by atoms with Crippen LogP contribution in [0.15, 0.2) is 82.6 Å². The fourth-order valence-electron chi connectivity index (χ4n) is 2.00. The molecule has 120 valence electrons. The van der Waals surface area contributed by atoms with Gasteiger partial charge in [-0.2, -0.15) is 0 Å². The normalized spacial score (nSPS) is 10.3. The summed E-state index contributed by atoms with van der Waals surface area (Å²) < 4.78 is 5.67. The van der Waals surface area contributed by atoms with Crippen molar-refractivity contribution in [3.05, 3.63) is 82.9 Å². The number of nitrogens with zero attached hydrogens (tertiary/aromatic N) is 1. The number of aromatic hydroxyl groups is 1. The lowest BCUT2D eigenvalue weighted by molar-refractivity contribution is -0.384. The zero-order valence-corrected chi connectivity index (χ0v) is 13.3. The van der Waals surface area contributed by atoms with E-state index in [1.807, 2.05) is 36.4 Å². The Morgan fingerprint density at radius 1 is 0.792 bits per heavy atom. The van der Waals surface area contributed by atoms with Crippen LogP contribution in [0.3, 0.4) is 0 Å². The van der Waals surface area contributed by atoms with E-state index in [-0.39, 0.29) is 11.4 Å². The van der Waals surface area contributed by atoms with Crippen molar-refractivity contribution in [3.8, 4) is 17.2 Å². The maximum absolute atomic E-state index is 10.6. The topological polar surface area (TPSA) is 72.6 Å². The Hall–Kier alpha value is -2.99. The van der Waals surface area contributed by atoms with Crippen LogP contribution in [0.2, 0.25) is 0 Å². The van der Waals surface area contributed by atoms with Crippen LogP contribution in [-0.4, -0.2) is 10.0 Å². The van der Waals surface area contributed by atoms with E-state index in [1.54, 1.807) is 36.0 Å². The fourth-order valence-corrected chi connectivity index (χ4v) is 2.81. The molecule has 0 amide bonds. The molecule has 0 aromatic heterocycles. The molecule has 1 N–H and O–H groups in total. The lowest BCUT2D eigenvalue weighted by atomic mass is 10.3. The van der Waals surface area contributed by atoms with Gasteiger partial charge in [0, 0.05) is 21.9 Å². The number of hydrogen-bond donors (Lipinski definition) is 1. The van der Waals surface area contributed by atoms with E-state index in [9.17, 15) is 15.2 Å². The number of benzene rings is 3. The van der Waals surface area contributed by atoms with E-state index in [0.717, 1.165) is 9.79 Å². The molecule has 0 aliphatic heterocycles. The van der Waals surface area contributed by atoms with Crippen molar-refractivity contribution in [1.29, 1.82) is 0 Å². The Bertz CT molecular complexity index is 830. The summed E-state index contributed by atoms with van der Waals surface area (Å²) in [5.41, 5.74) is 0.0306. The monoisotopic (exact) mass is 339 g/mol. The first kappa shape index (κ1) is 15.9. The predicted octanol–water partition coefficient (Wildman–Crippen LogP) is 5.24. The Morgan fingerprint density at radius 2 is 1.25 bits per heavy atom. The first-order valence-electron chi connectivity index (χ1n) is 7.09. The van der Waals surface area contributed by atoms with Crippen molar-refractivity contribution < 1.29 is 14.8 Å². The Kier molecular flexibility index (Phi) is 4.67. The number of phenolic OH excluding ortho intramolecular Hbond substituents is 1. The summed E-state index contributed by atoms with van der Waals surface area (Å²) in [6.45, 7) is 0. The molecule has 5 nitrogen and oxygen atoms in total. The highest BCUT2D eigenvalue weighted by molar-refractivity contribution is 7.99. The smallest absolute Gasteiger partial charge is 0.269 e. The lowest BCUT2D eigenvalue weighted by Gasteiger charge is -2.07. The number of ether oxygens (including phenoxy) is 1. The first-order chi connectivity index (χ1) is 11.6. The van der Waals surface area contributed by atoms with Crippen molar-refractivity contribution in [1.82, 2.24) is 0 Å². The summed E-state index contributed by atoms with van der Waals surface area (Å²) in [5, 5.41) is 19.9. The second kappa shape index (κ2) is 7.06. The molecule has 3 aromatic rings. The van der Waals surface area contributed by atoms with Crippen LogP contribution < -0.4 is 4.74 Å². The summed E-state index contributed by atoms with van der Waals surface area (Å²) in [4.78, 5) is 12.2. The second-order valence-corrected chi connectivity index (χ2v) is 6.07. The van der Waals surface area contributed by atoms with Gasteiger partial charge in [-0.1, -0.05) is 11.8 Å². The molecule has 3 aromatic carbocycles. The van der Waals surface area contributed by atoms with Gasteiger partial charge in [-0.15, -0.1) is 0 Å². The maximum Gasteiger partial charge on any atom is 0.269 e. The van der Waals surface area contributed by atoms with Crippen molar-refractivity contribution in [2.45, 2.75) is 9.79 Å². The third-order valence-corrected chi connectivity index (χ3v) is 4.20. The average molecular weight is 339 g/mol. The minimum atomic E-state index is -0.445. The van der Waals surface area contributed by atoms with Crippen LogP contribution in [0.5, 0.6) is 17.2 Å². The van der Waals surface area contributed by atoms with E-state index < -0.39 is 4.92 Å². The Morgan fingerprint density at radius 3 is 1.75 bits per heavy atom. The fraction of sp³-hybridized carbons (Fsp3) is 0. The number of nitro groups is 1. The highest BCUT2D eigenvalue weighted by Gasteiger charge is 2.05. The zero-order chi connectivity index (χ0) is 16.9. The molecule has 0 fully saturated rings. The molecule has 0 saturated heterocycles. The van der Waals surface area contributed by atoms with Gasteiger partial charge in [-0.25, -0.2) is 0 Å². The number of phenols is 1. The third-order valence-electron chi connectivity index (χ3n) is 3.18. The molecule has 0 aliphatic rings. The van der Waals surface area contributed by atoms with Gasteiger partial charge in [0.15, 0.2) is 0 Å². The highest BCUT2D eigenvalue weighted by Crippen LogP contribution is 2.31. The molecule has 0 unspecified atom stereocenters. The summed E-state index contributed by atoms with van der Waals surface area (Å²) >= 11 is 1.57. The van der Waals surface area contributed by atoms with E-state index in [2.05, 4.69) is 0 Å². The van der Waals surface area contributed by atoms with Gasteiger partial charge >= 0.3 is 0 Å². The quantitative estimate of drug-likeness (QED) is 0.508. The Labute approximate surface area is 142 Å². The summed E-state index contributed by atoms with van der Waals surface area (Å²) in [5.74, 6) is 1.43. The molecule has 24 heavy (non-hydrogen) atoms. The second-order valence-electron chi connectivity index (χ2n) is 4.92. The molecule has 0 saturated carbocycles. The van der Waals surface area contributed by atoms with E-state index in [0.29, 0.717) is 11.5 Å². The maximum atomic E-state index is 10.6. The molecule has 0 spiro atoms. The number of rotatable bonds is 5. The van der Waals surface area contributed by atoms with Gasteiger partial charge in [0.05, 0.1) is 4.92 Å². The summed E-state index contributed by atoms with van der Waals surface area (Å²) in [6, 6.07) is 20.5. The molecular weight excluding hydrogens is 326 g/mol. The van der Waals surface area contributed by atoms with Gasteiger partial charge in [0.2, 0.25) is 0 Å². The van der Waals surface area contributed by atoms with E-state index >= 15 is 0 Å². The minimum Gasteiger partial charge on any atom is -0.508 e. The molecule has 6 heteroatoms. The minimum absolute atomic E-state index is 0.0306. The van der Waals surface area contributed by atoms with Gasteiger partial charge < -0.3 is 9.84 Å². The van der Waals surface area contributed by atoms with Crippen molar-refractivity contribution >= 4 is 17.4 Å². The van der Waals surface area contributed by atoms with Crippen molar-refractivity contribution in [3.63, 3.8) is 0 Å². The molecule has 0 heterocycles. The Balaban J connectivity index is 1.65. The van der Waals surface area contributed by atoms with Crippen molar-refractivity contribution in [2.75, 3.05) is 0 Å². The first-order valence-corrected chi connectivity index (χ1v) is 7.91. The molecule has 0 aliphatic carbocycles. The van der Waals surface area contributed by atoms with Gasteiger partial charge in [0.1, 0.15) is 17.2 Å². The molecule has 0 atom stereocenters. The van der Waals surface area contributed by atoms with E-state index in [1.165, 1.54) is 12.1 Å². The predicted molar refractivity (Wildman–Crippen MR) is 91.8 cm³/mol. The zero-order valence-electron chi connectivity index (χ0n) is 12.5. The number of nitro benzene ring substituents is 1. The van der Waals surface area contributed by atoms with Crippen molar-refractivity contribution in [2.24, 2.45) is 0 Å². The summed E-state index contributed by atoms with van der Waals surface area (Å²) in [6.07, 6.45) is 0. The van der Waals surface area contributed by atoms with Crippen LogP contribution in [0.25, 0.3) is 0 Å². The van der Waals surface area contributed by atoms with Gasteiger partial charge in [-0.3, -0.25) is 10.1 Å². The highest BCUT2D eigenvalue weighted by atomic mass is 32.2. The molecule has 0 radical (unpaired) electrons. The molecular formula is C18H13NO4S. The number of hydrogen-bond acceptors (Lipinski definition) is 5. The standard InChI is InChI=1S/C18H13NO4S/c20-14-3-9-17(10-4-14)24-18-11-7-16(8-12-18)23-15-5-1-13(2-6-15)19(21)22/h1-12,20H. The summed E-state index contributed by atoms with van der Waals surface area (Å²) in [7, 11) is 0. The van der Waals surface area contributed by atoms with Crippen LogP contribution in [0.4, 0.5) is 5.69 Å². The average Bonchev–Trinajstić information content (AvgIpc) is 2.59. The lowest BCUT2D eigenvalue weighted by Crippen LogP contribution is -1.88. The third kappa shape index (κ3) is 4.05. The largest absolute Gasteiger partial charge is 0.508 e. The van der Waals surface area contributed by atoms with Gasteiger partial charge in [-0.05, 0) is 60.7 Å². The molecule has 3 rings (SSSR count). The van der Waals surface area contributed by atoms with Crippen LogP contribution >= 0.6 is 11.8 Å². The number of non-ortho nitro benzene ring substituents is 1. The van der Waals surface area contributed by atoms with Crippen LogP contribution in [0.1, 0.15) is 0 Å². The van der Waals surface area contributed by atoms with E-state index in [4.69, 9.17) is 4.74 Å². The molecule has 0 bridgehead atoms. The van der Waals surface area contributed by atoms with Crippen LogP contribution in [0, 0.1) is 10.1 Å². The van der Waals surface area contributed by atoms with Gasteiger partial charge in [0.25, 0.3) is 5.69 Å².